The second kappa shape index (κ2) is 5.16. The molecule has 1 heterocycles. The Labute approximate surface area is 98.7 Å². The van der Waals surface area contributed by atoms with Crippen molar-refractivity contribution >= 4 is 6.41 Å². The van der Waals surface area contributed by atoms with E-state index in [1.54, 1.807) is 16.8 Å². The Morgan fingerprint density at radius 3 is 2.94 bits per heavy atom. The number of para-hydroxylation sites is 1. The normalized spacial score (nSPS) is 10.1. The van der Waals surface area contributed by atoms with Crippen LogP contribution >= 0.6 is 0 Å². The van der Waals surface area contributed by atoms with Crippen LogP contribution in [0.1, 0.15) is 11.3 Å². The van der Waals surface area contributed by atoms with Crippen LogP contribution in [-0.4, -0.2) is 21.3 Å². The molecule has 0 saturated heterocycles. The summed E-state index contributed by atoms with van der Waals surface area (Å²) in [5, 5.41) is 16.4. The standard InChI is InChI=1S/C12H13N3O2/c16-9-13-7-11-5-6-15(14-11)8-10-3-1-2-4-12(10)17/h1-6,9,17H,7-8H2,(H,13,16). The highest BCUT2D eigenvalue weighted by molar-refractivity contribution is 5.45. The molecule has 0 fully saturated rings. The van der Waals surface area contributed by atoms with Crippen molar-refractivity contribution in [3.8, 4) is 5.75 Å². The smallest absolute Gasteiger partial charge is 0.207 e. The second-order valence-electron chi connectivity index (χ2n) is 3.63. The minimum atomic E-state index is 0.260. The fourth-order valence-electron chi connectivity index (χ4n) is 1.55. The maximum absolute atomic E-state index is 10.1. The Hall–Kier alpha value is -2.30. The van der Waals surface area contributed by atoms with Crippen molar-refractivity contribution < 1.29 is 9.90 Å². The van der Waals surface area contributed by atoms with Crippen molar-refractivity contribution in [3.05, 3.63) is 47.8 Å². The first-order valence-corrected chi connectivity index (χ1v) is 5.26. The van der Waals surface area contributed by atoms with Gasteiger partial charge >= 0.3 is 0 Å². The van der Waals surface area contributed by atoms with Gasteiger partial charge in [-0.05, 0) is 12.1 Å². The fraction of sp³-hybridized carbons (Fsp3) is 0.167. The number of carbonyl (C=O) groups excluding carboxylic acids is 1. The molecule has 2 aromatic rings. The first-order chi connectivity index (χ1) is 8.29. The summed E-state index contributed by atoms with van der Waals surface area (Å²) in [7, 11) is 0. The Morgan fingerprint density at radius 1 is 1.35 bits per heavy atom. The number of hydrogen-bond donors (Lipinski definition) is 2. The van der Waals surface area contributed by atoms with Gasteiger partial charge in [-0.25, -0.2) is 0 Å². The molecule has 0 saturated carbocycles. The summed E-state index contributed by atoms with van der Waals surface area (Å²) in [4.78, 5) is 10.1. The van der Waals surface area contributed by atoms with Crippen LogP contribution in [-0.2, 0) is 17.9 Å². The molecule has 1 amide bonds. The third kappa shape index (κ3) is 2.84. The largest absolute Gasteiger partial charge is 0.508 e. The van der Waals surface area contributed by atoms with Gasteiger partial charge in [-0.3, -0.25) is 9.48 Å². The highest BCUT2D eigenvalue weighted by Gasteiger charge is 2.02. The van der Waals surface area contributed by atoms with Gasteiger partial charge in [0.15, 0.2) is 0 Å². The van der Waals surface area contributed by atoms with Crippen LogP contribution in [0.2, 0.25) is 0 Å². The van der Waals surface area contributed by atoms with Crippen molar-refractivity contribution in [2.75, 3.05) is 0 Å². The summed E-state index contributed by atoms with van der Waals surface area (Å²) in [6, 6.07) is 8.97. The molecule has 0 radical (unpaired) electrons. The van der Waals surface area contributed by atoms with Crippen LogP contribution in [0.4, 0.5) is 0 Å². The quantitative estimate of drug-likeness (QED) is 0.751. The van der Waals surface area contributed by atoms with Gasteiger partial charge in [-0.2, -0.15) is 5.10 Å². The van der Waals surface area contributed by atoms with Gasteiger partial charge in [0.05, 0.1) is 18.8 Å². The van der Waals surface area contributed by atoms with Crippen LogP contribution in [0.5, 0.6) is 5.75 Å². The van der Waals surface area contributed by atoms with Crippen molar-refractivity contribution in [3.63, 3.8) is 0 Å². The zero-order valence-electron chi connectivity index (χ0n) is 9.21. The SMILES string of the molecule is O=CNCc1ccn(Cc2ccccc2O)n1. The lowest BCUT2D eigenvalue weighted by Crippen LogP contribution is -2.11. The van der Waals surface area contributed by atoms with E-state index in [-0.39, 0.29) is 5.75 Å². The van der Waals surface area contributed by atoms with E-state index in [9.17, 15) is 9.90 Å². The van der Waals surface area contributed by atoms with Gasteiger partial charge in [0.25, 0.3) is 0 Å². The van der Waals surface area contributed by atoms with E-state index in [1.165, 1.54) is 0 Å². The number of nitrogens with zero attached hydrogens (tertiary/aromatic N) is 2. The van der Waals surface area contributed by atoms with Gasteiger partial charge < -0.3 is 10.4 Å². The molecule has 1 aromatic heterocycles. The zero-order valence-corrected chi connectivity index (χ0v) is 9.21. The number of phenolic OH excluding ortho intramolecular Hbond substituents is 1. The Bertz CT molecular complexity index is 508. The van der Waals surface area contributed by atoms with E-state index in [1.807, 2.05) is 24.4 Å². The maximum Gasteiger partial charge on any atom is 0.207 e. The van der Waals surface area contributed by atoms with Gasteiger partial charge in [0.2, 0.25) is 6.41 Å². The second-order valence-corrected chi connectivity index (χ2v) is 3.63. The molecular weight excluding hydrogens is 218 g/mol. The molecule has 0 spiro atoms. The average Bonchev–Trinajstić information content (AvgIpc) is 2.77. The number of rotatable bonds is 5. The lowest BCUT2D eigenvalue weighted by atomic mass is 10.2. The highest BCUT2D eigenvalue weighted by atomic mass is 16.3. The molecule has 0 aliphatic rings. The Kier molecular flexibility index (Phi) is 3.40. The summed E-state index contributed by atoms with van der Waals surface area (Å²) in [6.45, 7) is 0.922. The first kappa shape index (κ1) is 11.2. The van der Waals surface area contributed by atoms with E-state index in [0.29, 0.717) is 19.5 Å². The first-order valence-electron chi connectivity index (χ1n) is 5.26. The van der Waals surface area contributed by atoms with Crippen molar-refractivity contribution in [2.45, 2.75) is 13.1 Å². The predicted octanol–water partition coefficient (Wildman–Crippen LogP) is 0.883. The number of aromatic hydroxyl groups is 1. The van der Waals surface area contributed by atoms with E-state index >= 15 is 0 Å². The van der Waals surface area contributed by atoms with Gasteiger partial charge in [0, 0.05) is 11.8 Å². The third-order valence-electron chi connectivity index (χ3n) is 2.39. The number of hydrogen-bond acceptors (Lipinski definition) is 3. The van der Waals surface area contributed by atoms with E-state index in [4.69, 9.17) is 0 Å². The molecule has 2 N–H and O–H groups in total. The van der Waals surface area contributed by atoms with Crippen LogP contribution in [0, 0.1) is 0 Å². The minimum Gasteiger partial charge on any atom is -0.508 e. The van der Waals surface area contributed by atoms with Crippen molar-refractivity contribution in [1.29, 1.82) is 0 Å². The lowest BCUT2D eigenvalue weighted by molar-refractivity contribution is -0.109. The molecule has 5 nitrogen and oxygen atoms in total. The molecule has 0 bridgehead atoms. The monoisotopic (exact) mass is 231 g/mol. The summed E-state index contributed by atoms with van der Waals surface area (Å²) in [5.74, 6) is 0.260. The summed E-state index contributed by atoms with van der Waals surface area (Å²) in [6.07, 6.45) is 2.45. The molecule has 17 heavy (non-hydrogen) atoms. The molecular formula is C12H13N3O2. The van der Waals surface area contributed by atoms with E-state index < -0.39 is 0 Å². The number of benzene rings is 1. The number of phenols is 1. The van der Waals surface area contributed by atoms with Gasteiger partial charge in [0.1, 0.15) is 5.75 Å². The number of amides is 1. The van der Waals surface area contributed by atoms with Crippen molar-refractivity contribution in [2.24, 2.45) is 0 Å². The fourth-order valence-corrected chi connectivity index (χ4v) is 1.55. The summed E-state index contributed by atoms with van der Waals surface area (Å²) in [5.41, 5.74) is 1.60. The molecule has 0 atom stereocenters. The molecule has 88 valence electrons. The van der Waals surface area contributed by atoms with E-state index in [2.05, 4.69) is 10.4 Å². The maximum atomic E-state index is 10.1. The van der Waals surface area contributed by atoms with Crippen molar-refractivity contribution in [1.82, 2.24) is 15.1 Å². The molecule has 0 aliphatic carbocycles. The van der Waals surface area contributed by atoms with Gasteiger partial charge in [-0.1, -0.05) is 18.2 Å². The number of aromatic nitrogens is 2. The topological polar surface area (TPSA) is 67.2 Å². The highest BCUT2D eigenvalue weighted by Crippen LogP contribution is 2.16. The van der Waals surface area contributed by atoms with Crippen LogP contribution < -0.4 is 5.32 Å². The van der Waals surface area contributed by atoms with Gasteiger partial charge in [-0.15, -0.1) is 0 Å². The van der Waals surface area contributed by atoms with Crippen LogP contribution in [0.25, 0.3) is 0 Å². The molecule has 0 unspecified atom stereocenters. The number of carbonyl (C=O) groups is 1. The number of nitrogens with one attached hydrogen (secondary N) is 1. The summed E-state index contributed by atoms with van der Waals surface area (Å²) < 4.78 is 1.72. The van der Waals surface area contributed by atoms with E-state index in [0.717, 1.165) is 11.3 Å². The predicted molar refractivity (Wildman–Crippen MR) is 62.3 cm³/mol. The zero-order chi connectivity index (χ0) is 12.1. The third-order valence-corrected chi connectivity index (χ3v) is 2.39. The Morgan fingerprint density at radius 2 is 2.18 bits per heavy atom. The molecule has 1 aromatic carbocycles. The van der Waals surface area contributed by atoms with Crippen LogP contribution in [0.3, 0.4) is 0 Å². The Balaban J connectivity index is 2.06. The van der Waals surface area contributed by atoms with Crippen LogP contribution in [0.15, 0.2) is 36.5 Å². The lowest BCUT2D eigenvalue weighted by Gasteiger charge is -2.04. The average molecular weight is 231 g/mol. The molecule has 2 rings (SSSR count). The minimum absolute atomic E-state index is 0.260. The molecule has 5 heteroatoms. The molecule has 0 aliphatic heterocycles. The summed E-state index contributed by atoms with van der Waals surface area (Å²) >= 11 is 0.